The van der Waals surface area contributed by atoms with E-state index < -0.39 is 6.61 Å². The Kier molecular flexibility index (Phi) is 4.24. The minimum absolute atomic E-state index is 0.000294. The number of pyridine rings is 1. The van der Waals surface area contributed by atoms with Crippen LogP contribution in [0.5, 0.6) is 11.5 Å². The van der Waals surface area contributed by atoms with Gasteiger partial charge in [-0.25, -0.2) is 0 Å². The van der Waals surface area contributed by atoms with Crippen molar-refractivity contribution in [1.29, 1.82) is 0 Å². The van der Waals surface area contributed by atoms with Gasteiger partial charge in [-0.1, -0.05) is 0 Å². The molecule has 0 unspecified atom stereocenters. The topological polar surface area (TPSA) is 48.4 Å². The Hall–Kier alpha value is -2.50. The molecule has 0 atom stereocenters. The fourth-order valence-electron chi connectivity index (χ4n) is 1.61. The van der Waals surface area contributed by atoms with E-state index in [1.165, 1.54) is 43.8 Å². The maximum absolute atomic E-state index is 12.2. The molecule has 1 aromatic heterocycles. The van der Waals surface area contributed by atoms with Gasteiger partial charge in [-0.2, -0.15) is 8.78 Å². The van der Waals surface area contributed by atoms with Crippen LogP contribution in [0.1, 0.15) is 15.9 Å². The van der Waals surface area contributed by atoms with E-state index in [4.69, 9.17) is 4.74 Å². The van der Waals surface area contributed by atoms with Crippen molar-refractivity contribution in [3.05, 3.63) is 53.9 Å². The highest BCUT2D eigenvalue weighted by molar-refractivity contribution is 6.09. The fraction of sp³-hybridized carbons (Fsp3) is 0.143. The van der Waals surface area contributed by atoms with Gasteiger partial charge in [0.05, 0.1) is 13.3 Å². The molecular weight excluding hydrogens is 268 g/mol. The third kappa shape index (κ3) is 3.28. The van der Waals surface area contributed by atoms with E-state index in [1.807, 2.05) is 0 Å². The van der Waals surface area contributed by atoms with Crippen LogP contribution in [-0.2, 0) is 0 Å². The van der Waals surface area contributed by atoms with E-state index in [1.54, 1.807) is 6.07 Å². The van der Waals surface area contributed by atoms with Crippen LogP contribution in [0.2, 0.25) is 0 Å². The zero-order valence-electron chi connectivity index (χ0n) is 10.5. The van der Waals surface area contributed by atoms with E-state index in [0.717, 1.165) is 0 Å². The van der Waals surface area contributed by atoms with Crippen molar-refractivity contribution >= 4 is 5.78 Å². The normalized spacial score (nSPS) is 10.4. The van der Waals surface area contributed by atoms with Gasteiger partial charge in [0.1, 0.15) is 11.5 Å². The Morgan fingerprint density at radius 2 is 1.80 bits per heavy atom. The number of hydrogen-bond donors (Lipinski definition) is 0. The van der Waals surface area contributed by atoms with Crippen molar-refractivity contribution in [3.8, 4) is 11.5 Å². The Labute approximate surface area is 114 Å². The third-order valence-electron chi connectivity index (χ3n) is 2.55. The monoisotopic (exact) mass is 279 g/mol. The molecule has 0 saturated carbocycles. The number of carbonyl (C=O) groups excluding carboxylic acids is 1. The minimum atomic E-state index is -2.89. The van der Waals surface area contributed by atoms with Gasteiger partial charge in [0.25, 0.3) is 0 Å². The first-order valence-corrected chi connectivity index (χ1v) is 5.69. The van der Waals surface area contributed by atoms with Gasteiger partial charge in [0, 0.05) is 17.3 Å². The van der Waals surface area contributed by atoms with Gasteiger partial charge in [-0.3, -0.25) is 9.78 Å². The SMILES string of the molecule is COc1cncc(C(=O)c2ccc(OC(F)F)cc2)c1. The van der Waals surface area contributed by atoms with Crippen molar-refractivity contribution in [1.82, 2.24) is 4.98 Å². The average Bonchev–Trinajstić information content (AvgIpc) is 2.47. The number of nitrogens with zero attached hydrogens (tertiary/aromatic N) is 1. The van der Waals surface area contributed by atoms with Crippen molar-refractivity contribution in [2.75, 3.05) is 7.11 Å². The fourth-order valence-corrected chi connectivity index (χ4v) is 1.61. The summed E-state index contributed by atoms with van der Waals surface area (Å²) in [6.45, 7) is -2.89. The molecule has 0 aliphatic carbocycles. The molecule has 20 heavy (non-hydrogen) atoms. The van der Waals surface area contributed by atoms with Crippen molar-refractivity contribution in [2.45, 2.75) is 6.61 Å². The van der Waals surface area contributed by atoms with Crippen molar-refractivity contribution in [3.63, 3.8) is 0 Å². The van der Waals surface area contributed by atoms with E-state index in [0.29, 0.717) is 16.9 Å². The van der Waals surface area contributed by atoms with Gasteiger partial charge < -0.3 is 9.47 Å². The number of aromatic nitrogens is 1. The van der Waals surface area contributed by atoms with E-state index in [-0.39, 0.29) is 11.5 Å². The summed E-state index contributed by atoms with van der Waals surface area (Å²) >= 11 is 0. The summed E-state index contributed by atoms with van der Waals surface area (Å²) in [7, 11) is 1.47. The lowest BCUT2D eigenvalue weighted by atomic mass is 10.0. The minimum Gasteiger partial charge on any atom is -0.495 e. The average molecular weight is 279 g/mol. The molecule has 1 aromatic carbocycles. The number of alkyl halides is 2. The summed E-state index contributed by atoms with van der Waals surface area (Å²) in [4.78, 5) is 16.1. The molecule has 0 bridgehead atoms. The maximum Gasteiger partial charge on any atom is 0.387 e. The largest absolute Gasteiger partial charge is 0.495 e. The Bertz CT molecular complexity index is 600. The number of ether oxygens (including phenoxy) is 2. The number of hydrogen-bond acceptors (Lipinski definition) is 4. The molecule has 1 heterocycles. The Morgan fingerprint density at radius 1 is 1.10 bits per heavy atom. The molecule has 0 aliphatic rings. The number of benzene rings is 1. The lowest BCUT2D eigenvalue weighted by molar-refractivity contribution is -0.0498. The van der Waals surface area contributed by atoms with Crippen LogP contribution in [0, 0.1) is 0 Å². The second-order valence-corrected chi connectivity index (χ2v) is 3.85. The molecule has 0 spiro atoms. The number of ketones is 1. The first-order valence-electron chi connectivity index (χ1n) is 5.69. The van der Waals surface area contributed by atoms with Crippen LogP contribution in [0.4, 0.5) is 8.78 Å². The quantitative estimate of drug-likeness (QED) is 0.790. The number of halogens is 2. The lowest BCUT2D eigenvalue weighted by Crippen LogP contribution is -2.04. The maximum atomic E-state index is 12.2. The highest BCUT2D eigenvalue weighted by Crippen LogP contribution is 2.18. The first-order chi connectivity index (χ1) is 9.60. The van der Waals surface area contributed by atoms with Crippen LogP contribution < -0.4 is 9.47 Å². The summed E-state index contributed by atoms with van der Waals surface area (Å²) in [5, 5.41) is 0. The molecular formula is C14H11F2NO3. The van der Waals surface area contributed by atoms with Gasteiger partial charge in [-0.05, 0) is 30.3 Å². The molecule has 0 radical (unpaired) electrons. The highest BCUT2D eigenvalue weighted by atomic mass is 19.3. The third-order valence-corrected chi connectivity index (χ3v) is 2.55. The van der Waals surface area contributed by atoms with Crippen molar-refractivity contribution in [2.24, 2.45) is 0 Å². The molecule has 104 valence electrons. The zero-order valence-corrected chi connectivity index (χ0v) is 10.5. The van der Waals surface area contributed by atoms with Crippen LogP contribution in [-0.4, -0.2) is 24.5 Å². The summed E-state index contributed by atoms with van der Waals surface area (Å²) in [5.41, 5.74) is 0.702. The van der Waals surface area contributed by atoms with Crippen LogP contribution in [0.3, 0.4) is 0 Å². The second kappa shape index (κ2) is 6.10. The van der Waals surface area contributed by atoms with Gasteiger partial charge in [0.2, 0.25) is 0 Å². The van der Waals surface area contributed by atoms with E-state index >= 15 is 0 Å². The summed E-state index contributed by atoms with van der Waals surface area (Å²) in [6.07, 6.45) is 2.89. The highest BCUT2D eigenvalue weighted by Gasteiger charge is 2.11. The van der Waals surface area contributed by atoms with Crippen LogP contribution >= 0.6 is 0 Å². The van der Waals surface area contributed by atoms with Crippen LogP contribution in [0.15, 0.2) is 42.7 Å². The summed E-state index contributed by atoms with van der Waals surface area (Å²) in [6, 6.07) is 7.01. The number of methoxy groups -OCH3 is 1. The first kappa shape index (κ1) is 13.9. The predicted molar refractivity (Wildman–Crippen MR) is 67.3 cm³/mol. The Balaban J connectivity index is 2.20. The van der Waals surface area contributed by atoms with Gasteiger partial charge in [0.15, 0.2) is 5.78 Å². The standard InChI is InChI=1S/C14H11F2NO3/c1-19-12-6-10(7-17-8-12)13(18)9-2-4-11(5-3-9)20-14(15)16/h2-8,14H,1H3. The number of carbonyl (C=O) groups is 1. The van der Waals surface area contributed by atoms with Gasteiger partial charge >= 0.3 is 6.61 Å². The molecule has 0 aliphatic heterocycles. The lowest BCUT2D eigenvalue weighted by Gasteiger charge is -2.06. The molecule has 2 aromatic rings. The smallest absolute Gasteiger partial charge is 0.387 e. The summed E-state index contributed by atoms with van der Waals surface area (Å²) < 4.78 is 33.2. The molecule has 0 saturated heterocycles. The predicted octanol–water partition coefficient (Wildman–Crippen LogP) is 2.92. The van der Waals surface area contributed by atoms with Crippen LogP contribution in [0.25, 0.3) is 0 Å². The second-order valence-electron chi connectivity index (χ2n) is 3.85. The molecule has 0 amide bonds. The van der Waals surface area contributed by atoms with Crippen molar-refractivity contribution < 1.29 is 23.0 Å². The molecule has 0 fully saturated rings. The molecule has 6 heteroatoms. The molecule has 0 N–H and O–H groups in total. The Morgan fingerprint density at radius 3 is 2.40 bits per heavy atom. The van der Waals surface area contributed by atoms with Gasteiger partial charge in [-0.15, -0.1) is 0 Å². The summed E-state index contributed by atoms with van der Waals surface area (Å²) in [5.74, 6) is 0.189. The molecule has 2 rings (SSSR count). The zero-order chi connectivity index (χ0) is 14.5. The molecule has 4 nitrogen and oxygen atoms in total. The van der Waals surface area contributed by atoms with E-state index in [2.05, 4.69) is 9.72 Å². The van der Waals surface area contributed by atoms with E-state index in [9.17, 15) is 13.6 Å². The number of rotatable bonds is 5.